The Bertz CT molecular complexity index is 1210. The van der Waals surface area contributed by atoms with Crippen LogP contribution >= 0.6 is 0 Å². The van der Waals surface area contributed by atoms with Gasteiger partial charge >= 0.3 is 5.97 Å². The molecule has 0 aromatic rings. The number of esters is 1. The second kappa shape index (κ2) is 45.8. The molecule has 0 radical (unpaired) electrons. The van der Waals surface area contributed by atoms with E-state index in [9.17, 15) is 25.2 Å². The van der Waals surface area contributed by atoms with Gasteiger partial charge in [0, 0.05) is 13.0 Å². The van der Waals surface area contributed by atoms with Gasteiger partial charge in [0.1, 0.15) is 30.5 Å². The van der Waals surface area contributed by atoms with E-state index in [1.165, 1.54) is 109 Å². The zero-order valence-corrected chi connectivity index (χ0v) is 40.8. The number of aliphatic hydroxyl groups excluding tert-OH is 4. The number of carbonyl (C=O) groups excluding carboxylic acids is 1. The van der Waals surface area contributed by atoms with E-state index < -0.39 is 43.4 Å². The molecular weight excluding hydrogens is 805 g/mol. The molecule has 1 saturated heterocycles. The third kappa shape index (κ3) is 35.8. The fourth-order valence-corrected chi connectivity index (χ4v) is 7.57. The number of aliphatic hydroxyl groups is 4. The van der Waals surface area contributed by atoms with Crippen LogP contribution in [0.25, 0.3) is 0 Å². The van der Waals surface area contributed by atoms with Crippen molar-refractivity contribution >= 4 is 5.97 Å². The average Bonchev–Trinajstić information content (AvgIpc) is 3.30. The van der Waals surface area contributed by atoms with Gasteiger partial charge in [0.25, 0.3) is 0 Å². The van der Waals surface area contributed by atoms with E-state index >= 15 is 0 Å². The van der Waals surface area contributed by atoms with Gasteiger partial charge in [-0.3, -0.25) is 4.79 Å². The molecule has 1 aliphatic heterocycles. The molecular formula is C55H96O9. The summed E-state index contributed by atoms with van der Waals surface area (Å²) in [5, 5.41) is 40.2. The molecule has 9 nitrogen and oxygen atoms in total. The van der Waals surface area contributed by atoms with Gasteiger partial charge in [-0.25, -0.2) is 0 Å². The van der Waals surface area contributed by atoms with Crippen LogP contribution in [0.5, 0.6) is 0 Å². The molecule has 64 heavy (non-hydrogen) atoms. The van der Waals surface area contributed by atoms with Gasteiger partial charge in [-0.05, 0) is 83.5 Å². The van der Waals surface area contributed by atoms with Crippen LogP contribution in [-0.2, 0) is 23.7 Å². The summed E-state index contributed by atoms with van der Waals surface area (Å²) in [5.74, 6) is -0.327. The molecule has 9 heteroatoms. The molecule has 0 spiro atoms. The minimum atomic E-state index is -1.55. The summed E-state index contributed by atoms with van der Waals surface area (Å²) in [6, 6.07) is 0. The molecule has 6 atom stereocenters. The first kappa shape index (κ1) is 59.6. The highest BCUT2D eigenvalue weighted by atomic mass is 16.7. The quantitative estimate of drug-likeness (QED) is 0.0268. The van der Waals surface area contributed by atoms with Crippen molar-refractivity contribution in [3.8, 4) is 0 Å². The van der Waals surface area contributed by atoms with Crippen molar-refractivity contribution in [1.82, 2.24) is 0 Å². The highest BCUT2D eigenvalue weighted by Gasteiger charge is 2.44. The fraction of sp³-hybridized carbons (Fsp3) is 0.764. The van der Waals surface area contributed by atoms with Crippen molar-refractivity contribution < 1.29 is 44.2 Å². The number of carbonyl (C=O) groups is 1. The normalized spacial score (nSPS) is 20.1. The number of unbranched alkanes of at least 4 members (excludes halogenated alkanes) is 21. The molecule has 1 heterocycles. The van der Waals surface area contributed by atoms with E-state index in [0.29, 0.717) is 13.0 Å². The first-order valence-electron chi connectivity index (χ1n) is 26.0. The molecule has 0 aromatic heterocycles. The van der Waals surface area contributed by atoms with E-state index in [2.05, 4.69) is 86.8 Å². The first-order valence-corrected chi connectivity index (χ1v) is 26.0. The summed E-state index contributed by atoms with van der Waals surface area (Å²) in [7, 11) is 0. The Morgan fingerprint density at radius 1 is 0.516 bits per heavy atom. The number of hydrogen-bond acceptors (Lipinski definition) is 9. The molecule has 1 fully saturated rings. The molecule has 0 saturated carbocycles. The molecule has 0 aliphatic carbocycles. The number of ether oxygens (including phenoxy) is 4. The van der Waals surface area contributed by atoms with Crippen LogP contribution in [0.3, 0.4) is 0 Å². The average molecular weight is 901 g/mol. The predicted octanol–water partition coefficient (Wildman–Crippen LogP) is 12.8. The van der Waals surface area contributed by atoms with Crippen molar-refractivity contribution in [2.24, 2.45) is 0 Å². The highest BCUT2D eigenvalue weighted by Crippen LogP contribution is 2.23. The van der Waals surface area contributed by atoms with Gasteiger partial charge in [-0.1, -0.05) is 189 Å². The van der Waals surface area contributed by atoms with Crippen LogP contribution in [0, 0.1) is 0 Å². The summed E-state index contributed by atoms with van der Waals surface area (Å²) < 4.78 is 22.8. The zero-order chi connectivity index (χ0) is 46.4. The van der Waals surface area contributed by atoms with Gasteiger partial charge in [0.15, 0.2) is 6.29 Å². The lowest BCUT2D eigenvalue weighted by Crippen LogP contribution is -2.59. The number of allylic oxidation sites excluding steroid dienone is 12. The van der Waals surface area contributed by atoms with Crippen molar-refractivity contribution in [1.29, 1.82) is 0 Å². The Labute approximate surface area is 391 Å². The Kier molecular flexibility index (Phi) is 42.7. The van der Waals surface area contributed by atoms with Gasteiger partial charge in [-0.15, -0.1) is 0 Å². The van der Waals surface area contributed by atoms with Crippen LogP contribution in [0.2, 0.25) is 0 Å². The fourth-order valence-electron chi connectivity index (χ4n) is 7.57. The molecule has 6 unspecified atom stereocenters. The molecule has 0 amide bonds. The smallest absolute Gasteiger partial charge is 0.306 e. The van der Waals surface area contributed by atoms with E-state index in [-0.39, 0.29) is 19.2 Å². The van der Waals surface area contributed by atoms with E-state index in [0.717, 1.165) is 77.0 Å². The summed E-state index contributed by atoms with van der Waals surface area (Å²) in [6.45, 7) is 4.36. The molecule has 0 aromatic carbocycles. The molecule has 1 aliphatic rings. The van der Waals surface area contributed by atoms with Crippen molar-refractivity contribution in [2.45, 2.75) is 243 Å². The number of hydrogen-bond donors (Lipinski definition) is 4. The van der Waals surface area contributed by atoms with Crippen LogP contribution in [-0.4, -0.2) is 89.6 Å². The maximum absolute atomic E-state index is 12.8. The third-order valence-electron chi connectivity index (χ3n) is 11.6. The summed E-state index contributed by atoms with van der Waals surface area (Å²) in [4.78, 5) is 12.8. The van der Waals surface area contributed by atoms with Crippen LogP contribution in [0.1, 0.15) is 206 Å². The number of rotatable bonds is 44. The molecule has 0 bridgehead atoms. The zero-order valence-electron chi connectivity index (χ0n) is 40.8. The SMILES string of the molecule is CC/C=C\C/C=C\C/C=C\C/C=C\CCCCCOCC(COC1OC(CO)C(O)C(O)C1O)OC(=O)CCCCCCCCCCCCCCC/C=C\C/C=C\CCCCCCC. The monoisotopic (exact) mass is 901 g/mol. The van der Waals surface area contributed by atoms with Gasteiger partial charge < -0.3 is 39.4 Å². The predicted molar refractivity (Wildman–Crippen MR) is 265 cm³/mol. The molecule has 370 valence electrons. The van der Waals surface area contributed by atoms with Crippen LogP contribution in [0.15, 0.2) is 72.9 Å². The standard InChI is InChI=1S/C55H96O9/c1-3-5-7-9-11-13-15-17-19-21-22-23-24-25-26-27-28-29-30-32-34-36-38-40-42-44-51(57)63-49(48-62-55-54(60)53(59)52(58)50(46-56)64-55)47-61-45-43-41-39-37-35-33-31-20-18-16-14-12-10-8-6-4-2/h6,8,12,14-15,17-18,20-22,33,35,49-50,52-56,58-60H,3-5,7,9-11,13,16,19,23-32,34,36-48H2,1-2H3/b8-6-,14-12-,17-15-,20-18-,22-21-,35-33-. The topological polar surface area (TPSA) is 135 Å². The largest absolute Gasteiger partial charge is 0.457 e. The van der Waals surface area contributed by atoms with Gasteiger partial charge in [0.05, 0.1) is 19.8 Å². The Morgan fingerprint density at radius 2 is 0.953 bits per heavy atom. The Balaban J connectivity index is 2.20. The van der Waals surface area contributed by atoms with E-state index in [4.69, 9.17) is 18.9 Å². The van der Waals surface area contributed by atoms with Crippen molar-refractivity contribution in [2.75, 3.05) is 26.4 Å². The van der Waals surface area contributed by atoms with E-state index in [1.54, 1.807) is 0 Å². The van der Waals surface area contributed by atoms with Crippen molar-refractivity contribution in [3.05, 3.63) is 72.9 Å². The first-order chi connectivity index (χ1) is 31.4. The maximum Gasteiger partial charge on any atom is 0.306 e. The lowest BCUT2D eigenvalue weighted by atomic mass is 9.99. The lowest BCUT2D eigenvalue weighted by Gasteiger charge is -2.39. The summed E-state index contributed by atoms with van der Waals surface area (Å²) in [5.41, 5.74) is 0. The minimum absolute atomic E-state index is 0.120. The minimum Gasteiger partial charge on any atom is -0.457 e. The Hall–Kier alpha value is -2.37. The van der Waals surface area contributed by atoms with Crippen LogP contribution in [0.4, 0.5) is 0 Å². The second-order valence-corrected chi connectivity index (χ2v) is 17.6. The highest BCUT2D eigenvalue weighted by molar-refractivity contribution is 5.69. The molecule has 4 N–H and O–H groups in total. The van der Waals surface area contributed by atoms with Crippen LogP contribution < -0.4 is 0 Å². The van der Waals surface area contributed by atoms with Gasteiger partial charge in [-0.2, -0.15) is 0 Å². The summed E-state index contributed by atoms with van der Waals surface area (Å²) >= 11 is 0. The second-order valence-electron chi connectivity index (χ2n) is 17.6. The third-order valence-corrected chi connectivity index (χ3v) is 11.6. The Morgan fingerprint density at radius 3 is 1.44 bits per heavy atom. The molecule has 1 rings (SSSR count). The summed E-state index contributed by atoms with van der Waals surface area (Å²) in [6.07, 6.45) is 53.7. The lowest BCUT2D eigenvalue weighted by molar-refractivity contribution is -0.305. The van der Waals surface area contributed by atoms with Crippen molar-refractivity contribution in [3.63, 3.8) is 0 Å². The van der Waals surface area contributed by atoms with Gasteiger partial charge in [0.2, 0.25) is 0 Å². The maximum atomic E-state index is 12.8. The van der Waals surface area contributed by atoms with E-state index in [1.807, 2.05) is 0 Å².